The van der Waals surface area contributed by atoms with E-state index >= 15 is 0 Å². The third-order valence-corrected chi connectivity index (χ3v) is 3.99. The van der Waals surface area contributed by atoms with Crippen molar-refractivity contribution < 1.29 is 62.3 Å². The van der Waals surface area contributed by atoms with Gasteiger partial charge in [0.1, 0.15) is 25.1 Å². The lowest BCUT2D eigenvalue weighted by atomic mass is 9.98. The van der Waals surface area contributed by atoms with E-state index < -0.39 is 88.8 Å². The summed E-state index contributed by atoms with van der Waals surface area (Å²) >= 11 is 0. The van der Waals surface area contributed by atoms with Gasteiger partial charge in [0.2, 0.25) is 0 Å². The lowest BCUT2D eigenvalue weighted by Crippen LogP contribution is -2.62. The molecule has 1 aliphatic rings. The van der Waals surface area contributed by atoms with Gasteiger partial charge in [-0.2, -0.15) is 0 Å². The Morgan fingerprint density at radius 1 is 0.938 bits per heavy atom. The van der Waals surface area contributed by atoms with Crippen molar-refractivity contribution in [2.24, 2.45) is 0 Å². The summed E-state index contributed by atoms with van der Waals surface area (Å²) in [6.07, 6.45) is -7.39. The Morgan fingerprint density at radius 2 is 1.56 bits per heavy atom. The van der Waals surface area contributed by atoms with E-state index in [1.165, 1.54) is 12.1 Å². The molecule has 1 aliphatic heterocycles. The monoisotopic (exact) mass is 460 g/mol. The zero-order chi connectivity index (χ0) is 26.7. The average Bonchev–Trinajstić information content (AvgIpc) is 3.36. The second-order valence-electron chi connectivity index (χ2n) is 6.32. The molecular formula is C20H24O12. The quantitative estimate of drug-likeness (QED) is 0.289. The van der Waals surface area contributed by atoms with Crippen LogP contribution in [0.25, 0.3) is 0 Å². The fourth-order valence-corrected chi connectivity index (χ4v) is 2.88. The van der Waals surface area contributed by atoms with Gasteiger partial charge in [-0.15, -0.1) is 0 Å². The van der Waals surface area contributed by atoms with E-state index in [4.69, 9.17) is 38.3 Å². The number of hydrogen-bond donors (Lipinski definition) is 0. The number of furan rings is 1. The fourth-order valence-electron chi connectivity index (χ4n) is 2.88. The molecule has 2 heterocycles. The van der Waals surface area contributed by atoms with Gasteiger partial charge in [-0.1, -0.05) is 0 Å². The van der Waals surface area contributed by atoms with E-state index in [0.717, 1.165) is 0 Å². The summed E-state index contributed by atoms with van der Waals surface area (Å²) < 4.78 is 65.8. The highest BCUT2D eigenvalue weighted by Gasteiger charge is 2.52. The summed E-state index contributed by atoms with van der Waals surface area (Å²) in [7, 11) is 0. The average molecular weight is 460 g/mol. The summed E-state index contributed by atoms with van der Waals surface area (Å²) in [4.78, 5) is 58.3. The predicted octanol–water partition coefficient (Wildman–Crippen LogP) is 0.692. The molecule has 1 fully saturated rings. The van der Waals surface area contributed by atoms with E-state index in [0.29, 0.717) is 6.29 Å². The number of hydrogen-bond acceptors (Lipinski definition) is 12. The Hall–Kier alpha value is -3.25. The lowest BCUT2D eigenvalue weighted by molar-refractivity contribution is -0.311. The number of aldehydes is 1. The largest absolute Gasteiger partial charge is 0.463 e. The molecule has 1 saturated heterocycles. The molecule has 0 N–H and O–H groups in total. The normalized spacial score (nSPS) is 26.4. The number of esters is 4. The minimum Gasteiger partial charge on any atom is -0.463 e. The molecule has 12 nitrogen and oxygen atoms in total. The Kier molecular flexibility index (Phi) is 6.92. The van der Waals surface area contributed by atoms with Gasteiger partial charge in [0.15, 0.2) is 36.6 Å². The number of ether oxygens (including phenoxy) is 6. The molecule has 1 unspecified atom stereocenters. The van der Waals surface area contributed by atoms with E-state index in [2.05, 4.69) is 0 Å². The third kappa shape index (κ3) is 7.17. The maximum atomic E-state index is 12.0. The van der Waals surface area contributed by atoms with Crippen LogP contribution in [0.2, 0.25) is 0 Å². The second kappa shape index (κ2) is 11.4. The highest BCUT2D eigenvalue weighted by molar-refractivity contribution is 5.70. The first-order valence-electron chi connectivity index (χ1n) is 11.8. The van der Waals surface area contributed by atoms with Crippen LogP contribution >= 0.6 is 0 Å². The van der Waals surface area contributed by atoms with Crippen molar-refractivity contribution in [2.45, 2.75) is 64.9 Å². The number of rotatable bonds is 9. The van der Waals surface area contributed by atoms with Crippen LogP contribution in [0.1, 0.15) is 49.4 Å². The second-order valence-corrected chi connectivity index (χ2v) is 6.32. The Balaban J connectivity index is 2.42. The van der Waals surface area contributed by atoms with Crippen LogP contribution in [-0.2, 0) is 54.2 Å². The maximum Gasteiger partial charge on any atom is 0.303 e. The molecule has 0 aliphatic carbocycles. The first kappa shape index (κ1) is 19.4. The van der Waals surface area contributed by atoms with Crippen molar-refractivity contribution in [3.05, 3.63) is 23.7 Å². The first-order chi connectivity index (χ1) is 17.3. The van der Waals surface area contributed by atoms with E-state index in [1.54, 1.807) is 0 Å². The van der Waals surface area contributed by atoms with Gasteiger partial charge in [-0.25, -0.2) is 0 Å². The summed E-state index contributed by atoms with van der Waals surface area (Å²) in [5.41, 5.74) is 0. The van der Waals surface area contributed by atoms with Gasteiger partial charge in [0.25, 0.3) is 0 Å². The van der Waals surface area contributed by atoms with Gasteiger partial charge in [0.05, 0.1) is 0 Å². The van der Waals surface area contributed by atoms with Crippen molar-refractivity contribution in [1.29, 1.82) is 0 Å². The SMILES string of the molecule is [2H]CC(=O)OC[C@H]1OC(OCc2ccc(C=O)o2)[C@H](OC(=O)C[2H])[C@@H](OC(=O)C[2H])[C@@H]1OC(=O)C[2H]. The molecule has 32 heavy (non-hydrogen) atoms. The molecule has 176 valence electrons. The van der Waals surface area contributed by atoms with Crippen LogP contribution in [0.3, 0.4) is 0 Å². The maximum absolute atomic E-state index is 12.0. The van der Waals surface area contributed by atoms with Crippen molar-refractivity contribution in [3.8, 4) is 0 Å². The predicted molar refractivity (Wildman–Crippen MR) is 101 cm³/mol. The van der Waals surface area contributed by atoms with Gasteiger partial charge < -0.3 is 32.8 Å². The highest BCUT2D eigenvalue weighted by atomic mass is 16.7. The standard InChI is InChI=1S/C20H24O12/c1-10(22)26-9-16-17(28-11(2)23)18(29-12(3)24)19(30-13(4)25)20(32-16)27-8-15-6-5-14(7-21)31-15/h5-7,16-20H,8-9H2,1-4H3/t16-,17-,18+,19-,20?/m1/s1/i1D,2D,3D,4D. The Bertz CT molecular complexity index is 922. The molecule has 1 aromatic heterocycles. The van der Waals surface area contributed by atoms with Crippen molar-refractivity contribution in [2.75, 3.05) is 6.61 Å². The highest BCUT2D eigenvalue weighted by Crippen LogP contribution is 2.30. The van der Waals surface area contributed by atoms with Crippen LogP contribution in [0.5, 0.6) is 0 Å². The van der Waals surface area contributed by atoms with Crippen LogP contribution in [0.15, 0.2) is 16.5 Å². The molecule has 2 rings (SSSR count). The molecule has 1 aromatic rings. The Morgan fingerprint density at radius 3 is 2.16 bits per heavy atom. The minimum atomic E-state index is -1.66. The summed E-state index contributed by atoms with van der Waals surface area (Å²) in [6.45, 7) is -4.24. The van der Waals surface area contributed by atoms with E-state index in [9.17, 15) is 24.0 Å². The molecule has 5 atom stereocenters. The third-order valence-electron chi connectivity index (χ3n) is 3.99. The van der Waals surface area contributed by atoms with Crippen LogP contribution in [-0.4, -0.2) is 67.5 Å². The van der Waals surface area contributed by atoms with Gasteiger partial charge in [-0.3, -0.25) is 24.0 Å². The molecule has 0 amide bonds. The van der Waals surface area contributed by atoms with Gasteiger partial charge in [-0.05, 0) is 12.1 Å². The smallest absolute Gasteiger partial charge is 0.303 e. The zero-order valence-electron chi connectivity index (χ0n) is 20.8. The van der Waals surface area contributed by atoms with Crippen LogP contribution in [0, 0.1) is 0 Å². The molecule has 0 radical (unpaired) electrons. The van der Waals surface area contributed by atoms with Crippen LogP contribution in [0.4, 0.5) is 0 Å². The zero-order valence-corrected chi connectivity index (χ0v) is 16.8. The Labute approximate surface area is 188 Å². The number of carbonyl (C=O) groups is 5. The first-order valence-corrected chi connectivity index (χ1v) is 8.98. The van der Waals surface area contributed by atoms with Crippen molar-refractivity contribution >= 4 is 30.2 Å². The number of carbonyl (C=O) groups excluding carboxylic acids is 5. The molecule has 0 aromatic carbocycles. The van der Waals surface area contributed by atoms with Crippen molar-refractivity contribution in [1.82, 2.24) is 0 Å². The van der Waals surface area contributed by atoms with E-state index in [-0.39, 0.29) is 18.1 Å². The van der Waals surface area contributed by atoms with Gasteiger partial charge >= 0.3 is 23.9 Å². The van der Waals surface area contributed by atoms with Crippen molar-refractivity contribution in [3.63, 3.8) is 0 Å². The summed E-state index contributed by atoms with van der Waals surface area (Å²) in [5, 5.41) is 0. The lowest BCUT2D eigenvalue weighted by Gasteiger charge is -2.43. The molecule has 0 bridgehead atoms. The molecular weight excluding hydrogens is 432 g/mol. The van der Waals surface area contributed by atoms with Crippen LogP contribution < -0.4 is 0 Å². The molecule has 0 spiro atoms. The molecule has 12 heteroatoms. The fraction of sp³-hybridized carbons (Fsp3) is 0.550. The molecule has 0 saturated carbocycles. The van der Waals surface area contributed by atoms with E-state index in [1.807, 2.05) is 0 Å². The summed E-state index contributed by atoms with van der Waals surface area (Å²) in [5.74, 6) is -4.08. The summed E-state index contributed by atoms with van der Waals surface area (Å²) in [6, 6.07) is 2.78. The van der Waals surface area contributed by atoms with Gasteiger partial charge in [0, 0.05) is 33.1 Å². The topological polar surface area (TPSA) is 154 Å². The minimum absolute atomic E-state index is 0.000141.